The Balaban J connectivity index is 2.35. The van der Waals surface area contributed by atoms with Crippen molar-refractivity contribution in [3.05, 3.63) is 36.0 Å². The lowest BCUT2D eigenvalue weighted by Crippen LogP contribution is -2.28. The van der Waals surface area contributed by atoms with Gasteiger partial charge in [0.15, 0.2) is 5.78 Å². The van der Waals surface area contributed by atoms with Crippen molar-refractivity contribution < 1.29 is 19.1 Å². The second-order valence-electron chi connectivity index (χ2n) is 6.04. The number of aromatic amines is 1. The van der Waals surface area contributed by atoms with Gasteiger partial charge in [0.1, 0.15) is 5.75 Å². The summed E-state index contributed by atoms with van der Waals surface area (Å²) in [4.78, 5) is 27.3. The Bertz CT molecular complexity index is 771. The number of ketones is 1. The van der Waals surface area contributed by atoms with E-state index in [0.717, 1.165) is 16.5 Å². The molecule has 0 unspecified atom stereocenters. The monoisotopic (exact) mass is 315 g/mol. The zero-order valence-electron chi connectivity index (χ0n) is 13.9. The summed E-state index contributed by atoms with van der Waals surface area (Å²) in [6.07, 6.45) is 1.77. The van der Waals surface area contributed by atoms with E-state index in [9.17, 15) is 9.59 Å². The predicted molar refractivity (Wildman–Crippen MR) is 89.7 cm³/mol. The standard InChI is InChI=1S/C18H21NO4/c1-6-11-7-12-8-14(19-13(12)9-16(11)22-4)15(20)10-18(2,3)17(21)23-5/h6-9,19H,1,10H2,2-5H3. The number of ether oxygens (including phenoxy) is 2. The van der Waals surface area contributed by atoms with Crippen LogP contribution in [0, 0.1) is 5.41 Å². The third-order valence-corrected chi connectivity index (χ3v) is 3.83. The third kappa shape index (κ3) is 3.28. The minimum absolute atomic E-state index is 0.0674. The van der Waals surface area contributed by atoms with Crippen LogP contribution in [0.2, 0.25) is 0 Å². The van der Waals surface area contributed by atoms with Gasteiger partial charge in [-0.15, -0.1) is 0 Å². The van der Waals surface area contributed by atoms with Gasteiger partial charge in [0, 0.05) is 29.0 Å². The van der Waals surface area contributed by atoms with E-state index in [2.05, 4.69) is 11.6 Å². The molecule has 5 heteroatoms. The Morgan fingerprint density at radius 2 is 1.96 bits per heavy atom. The first kappa shape index (κ1) is 16.8. The molecule has 0 saturated heterocycles. The van der Waals surface area contributed by atoms with E-state index in [0.29, 0.717) is 11.4 Å². The van der Waals surface area contributed by atoms with Crippen molar-refractivity contribution in [2.45, 2.75) is 20.3 Å². The number of carbonyl (C=O) groups excluding carboxylic acids is 2. The molecule has 1 aromatic heterocycles. The number of hydrogen-bond donors (Lipinski definition) is 1. The van der Waals surface area contributed by atoms with Crippen LogP contribution in [0.1, 0.15) is 36.3 Å². The lowest BCUT2D eigenvalue weighted by atomic mass is 9.86. The molecule has 2 rings (SSSR count). The van der Waals surface area contributed by atoms with Gasteiger partial charge in [0.05, 0.1) is 25.3 Å². The predicted octanol–water partition coefficient (Wildman–Crippen LogP) is 3.59. The molecule has 0 aliphatic carbocycles. The molecular formula is C18H21NO4. The Labute approximate surface area is 135 Å². The molecule has 0 bridgehead atoms. The van der Waals surface area contributed by atoms with Crippen LogP contribution >= 0.6 is 0 Å². The first-order valence-electron chi connectivity index (χ1n) is 7.27. The zero-order chi connectivity index (χ0) is 17.2. The molecule has 0 atom stereocenters. The van der Waals surface area contributed by atoms with Crippen LogP contribution in [-0.2, 0) is 9.53 Å². The summed E-state index contributed by atoms with van der Waals surface area (Å²) >= 11 is 0. The van der Waals surface area contributed by atoms with Crippen LogP contribution < -0.4 is 4.74 Å². The lowest BCUT2D eigenvalue weighted by molar-refractivity contribution is -0.150. The Kier molecular flexibility index (Phi) is 4.59. The summed E-state index contributed by atoms with van der Waals surface area (Å²) in [6, 6.07) is 5.51. The molecule has 0 fully saturated rings. The van der Waals surface area contributed by atoms with Crippen molar-refractivity contribution in [1.82, 2.24) is 4.98 Å². The van der Waals surface area contributed by atoms with E-state index in [1.807, 2.05) is 12.1 Å². The number of nitrogens with one attached hydrogen (secondary N) is 1. The minimum atomic E-state index is -0.868. The first-order valence-corrected chi connectivity index (χ1v) is 7.27. The van der Waals surface area contributed by atoms with Gasteiger partial charge in [-0.05, 0) is 26.0 Å². The van der Waals surface area contributed by atoms with Crippen LogP contribution in [-0.4, -0.2) is 31.0 Å². The van der Waals surface area contributed by atoms with Gasteiger partial charge in [-0.3, -0.25) is 9.59 Å². The van der Waals surface area contributed by atoms with Gasteiger partial charge in [-0.25, -0.2) is 0 Å². The summed E-state index contributed by atoms with van der Waals surface area (Å²) in [7, 11) is 2.91. The van der Waals surface area contributed by atoms with Gasteiger partial charge in [-0.1, -0.05) is 12.7 Å². The summed E-state index contributed by atoms with van der Waals surface area (Å²) in [6.45, 7) is 7.14. The maximum absolute atomic E-state index is 12.5. The number of fused-ring (bicyclic) bond motifs is 1. The first-order chi connectivity index (χ1) is 10.8. The fourth-order valence-corrected chi connectivity index (χ4v) is 2.51. The summed E-state index contributed by atoms with van der Waals surface area (Å²) in [5.74, 6) is 0.136. The Morgan fingerprint density at radius 1 is 1.26 bits per heavy atom. The average molecular weight is 315 g/mol. The third-order valence-electron chi connectivity index (χ3n) is 3.83. The number of aromatic nitrogens is 1. The summed E-state index contributed by atoms with van der Waals surface area (Å²) in [5, 5.41) is 0.889. The molecule has 0 amide bonds. The van der Waals surface area contributed by atoms with Gasteiger partial charge in [0.2, 0.25) is 0 Å². The number of carbonyl (C=O) groups is 2. The Hall–Kier alpha value is -2.56. The molecule has 1 N–H and O–H groups in total. The van der Waals surface area contributed by atoms with Gasteiger partial charge in [-0.2, -0.15) is 0 Å². The largest absolute Gasteiger partial charge is 0.496 e. The highest BCUT2D eigenvalue weighted by Crippen LogP contribution is 2.29. The lowest BCUT2D eigenvalue weighted by Gasteiger charge is -2.19. The average Bonchev–Trinajstić information content (AvgIpc) is 2.94. The molecule has 0 radical (unpaired) electrons. The van der Waals surface area contributed by atoms with Crippen molar-refractivity contribution in [2.75, 3.05) is 14.2 Å². The molecule has 1 heterocycles. The van der Waals surface area contributed by atoms with E-state index in [-0.39, 0.29) is 12.2 Å². The Morgan fingerprint density at radius 3 is 2.52 bits per heavy atom. The number of hydrogen-bond acceptors (Lipinski definition) is 4. The van der Waals surface area contributed by atoms with Crippen molar-refractivity contribution >= 4 is 28.7 Å². The van der Waals surface area contributed by atoms with E-state index in [1.165, 1.54) is 7.11 Å². The fourth-order valence-electron chi connectivity index (χ4n) is 2.51. The highest BCUT2D eigenvalue weighted by atomic mass is 16.5. The van der Waals surface area contributed by atoms with Crippen LogP contribution in [0.3, 0.4) is 0 Å². The fraction of sp³-hybridized carbons (Fsp3) is 0.333. The normalized spacial score (nSPS) is 11.3. The van der Waals surface area contributed by atoms with Crippen LogP contribution in [0.4, 0.5) is 0 Å². The quantitative estimate of drug-likeness (QED) is 0.653. The second-order valence-corrected chi connectivity index (χ2v) is 6.04. The molecule has 0 aliphatic rings. The molecule has 23 heavy (non-hydrogen) atoms. The highest BCUT2D eigenvalue weighted by molar-refractivity contribution is 6.02. The smallest absolute Gasteiger partial charge is 0.311 e. The van der Waals surface area contributed by atoms with E-state index in [4.69, 9.17) is 9.47 Å². The maximum atomic E-state index is 12.5. The van der Waals surface area contributed by atoms with E-state index in [1.54, 1.807) is 33.1 Å². The molecule has 1 aromatic carbocycles. The molecule has 5 nitrogen and oxygen atoms in total. The second kappa shape index (κ2) is 6.28. The summed E-state index contributed by atoms with van der Waals surface area (Å²) in [5.41, 5.74) is 1.24. The number of esters is 1. The maximum Gasteiger partial charge on any atom is 0.311 e. The topological polar surface area (TPSA) is 68.4 Å². The molecule has 0 aliphatic heterocycles. The van der Waals surface area contributed by atoms with E-state index < -0.39 is 11.4 Å². The molecule has 122 valence electrons. The van der Waals surface area contributed by atoms with Gasteiger partial charge < -0.3 is 14.5 Å². The molecule has 2 aromatic rings. The van der Waals surface area contributed by atoms with Gasteiger partial charge in [0.25, 0.3) is 0 Å². The highest BCUT2D eigenvalue weighted by Gasteiger charge is 2.32. The van der Waals surface area contributed by atoms with Gasteiger partial charge >= 0.3 is 5.97 Å². The van der Waals surface area contributed by atoms with Crippen LogP contribution in [0.25, 0.3) is 17.0 Å². The zero-order valence-corrected chi connectivity index (χ0v) is 13.9. The molecule has 0 saturated carbocycles. The number of Topliss-reactive ketones (excluding diaryl/α,β-unsaturated/α-hetero) is 1. The van der Waals surface area contributed by atoms with Crippen molar-refractivity contribution in [3.63, 3.8) is 0 Å². The molecular weight excluding hydrogens is 294 g/mol. The van der Waals surface area contributed by atoms with Crippen molar-refractivity contribution in [1.29, 1.82) is 0 Å². The number of methoxy groups -OCH3 is 2. The van der Waals surface area contributed by atoms with Crippen molar-refractivity contribution in [3.8, 4) is 5.75 Å². The van der Waals surface area contributed by atoms with Crippen LogP contribution in [0.5, 0.6) is 5.75 Å². The van der Waals surface area contributed by atoms with Crippen molar-refractivity contribution in [2.24, 2.45) is 5.41 Å². The minimum Gasteiger partial charge on any atom is -0.496 e. The number of H-pyrrole nitrogens is 1. The van der Waals surface area contributed by atoms with E-state index >= 15 is 0 Å². The van der Waals surface area contributed by atoms with Crippen LogP contribution in [0.15, 0.2) is 24.8 Å². The number of rotatable bonds is 6. The SMILES string of the molecule is C=Cc1cc2cc(C(=O)CC(C)(C)C(=O)OC)[nH]c2cc1OC. The summed E-state index contributed by atoms with van der Waals surface area (Å²) < 4.78 is 10.0. The number of benzene rings is 1. The molecule has 0 spiro atoms.